The second-order valence-corrected chi connectivity index (χ2v) is 8.45. The van der Waals surface area contributed by atoms with E-state index in [0.717, 1.165) is 10.0 Å². The molecule has 2 aromatic carbocycles. The van der Waals surface area contributed by atoms with Crippen molar-refractivity contribution in [1.29, 1.82) is 0 Å². The summed E-state index contributed by atoms with van der Waals surface area (Å²) in [5.74, 6) is 0.875. The molecule has 1 amide bonds. The van der Waals surface area contributed by atoms with E-state index in [9.17, 15) is 13.2 Å². The van der Waals surface area contributed by atoms with Crippen molar-refractivity contribution >= 4 is 31.9 Å². The van der Waals surface area contributed by atoms with Crippen molar-refractivity contribution in [3.8, 4) is 11.3 Å². The van der Waals surface area contributed by atoms with Crippen molar-refractivity contribution < 1.29 is 17.6 Å². The molecule has 0 fully saturated rings. The van der Waals surface area contributed by atoms with Gasteiger partial charge in [-0.2, -0.15) is 0 Å². The number of furan rings is 1. The average Bonchev–Trinajstić information content (AvgIpc) is 3.08. The van der Waals surface area contributed by atoms with Crippen LogP contribution in [0, 0.1) is 6.92 Å². The highest BCUT2D eigenvalue weighted by Gasteiger charge is 2.15. The number of carbonyl (C=O) groups is 1. The summed E-state index contributed by atoms with van der Waals surface area (Å²) in [4.78, 5) is 12.3. The smallest absolute Gasteiger partial charge is 0.251 e. The Labute approximate surface area is 165 Å². The van der Waals surface area contributed by atoms with Crippen LogP contribution in [0.5, 0.6) is 0 Å². The normalized spacial score (nSPS) is 11.4. The third kappa shape index (κ3) is 4.65. The van der Waals surface area contributed by atoms with Crippen LogP contribution in [0.2, 0.25) is 0 Å². The maximum Gasteiger partial charge on any atom is 0.251 e. The van der Waals surface area contributed by atoms with Gasteiger partial charge in [0.25, 0.3) is 5.91 Å². The first-order valence-corrected chi connectivity index (χ1v) is 10.3. The van der Waals surface area contributed by atoms with E-state index in [1.165, 1.54) is 12.1 Å². The quantitative estimate of drug-likeness (QED) is 0.622. The fourth-order valence-electron chi connectivity index (χ4n) is 2.53. The number of nitrogens with two attached hydrogens (primary N) is 1. The lowest BCUT2D eigenvalue weighted by Crippen LogP contribution is -2.24. The lowest BCUT2D eigenvalue weighted by atomic mass is 10.1. The molecule has 3 rings (SSSR count). The van der Waals surface area contributed by atoms with Crippen LogP contribution in [-0.2, 0) is 16.6 Å². The first-order chi connectivity index (χ1) is 12.7. The van der Waals surface area contributed by atoms with E-state index in [1.807, 2.05) is 30.3 Å². The zero-order valence-corrected chi connectivity index (χ0v) is 16.8. The molecule has 6 nitrogen and oxygen atoms in total. The van der Waals surface area contributed by atoms with E-state index in [4.69, 9.17) is 9.56 Å². The highest BCUT2D eigenvalue weighted by molar-refractivity contribution is 9.10. The maximum atomic E-state index is 12.4. The van der Waals surface area contributed by atoms with Crippen molar-refractivity contribution in [1.82, 2.24) is 5.32 Å². The molecule has 8 heteroatoms. The van der Waals surface area contributed by atoms with Gasteiger partial charge >= 0.3 is 0 Å². The van der Waals surface area contributed by atoms with Crippen molar-refractivity contribution in [2.24, 2.45) is 5.14 Å². The number of amides is 1. The summed E-state index contributed by atoms with van der Waals surface area (Å²) in [5, 5.41) is 7.86. The monoisotopic (exact) mass is 448 g/mol. The zero-order chi connectivity index (χ0) is 19.6. The summed E-state index contributed by atoms with van der Waals surface area (Å²) in [6.07, 6.45) is 0. The van der Waals surface area contributed by atoms with Gasteiger partial charge in [0.05, 0.1) is 11.4 Å². The zero-order valence-electron chi connectivity index (χ0n) is 14.4. The maximum absolute atomic E-state index is 12.4. The van der Waals surface area contributed by atoms with Crippen LogP contribution in [0.1, 0.15) is 21.7 Å². The van der Waals surface area contributed by atoms with Crippen LogP contribution in [0.25, 0.3) is 11.3 Å². The van der Waals surface area contributed by atoms with Gasteiger partial charge in [-0.15, -0.1) is 0 Å². The number of carbonyl (C=O) groups excluding carboxylic acids is 1. The predicted octanol–water partition coefficient (Wildman–Crippen LogP) is 3.59. The molecule has 1 aromatic heterocycles. The summed E-state index contributed by atoms with van der Waals surface area (Å²) < 4.78 is 29.7. The van der Waals surface area contributed by atoms with Crippen molar-refractivity contribution in [3.63, 3.8) is 0 Å². The highest BCUT2D eigenvalue weighted by Crippen LogP contribution is 2.24. The molecule has 0 saturated heterocycles. The molecule has 0 aliphatic rings. The Balaban J connectivity index is 1.72. The SMILES string of the molecule is Cc1ccc(S(N)(=O)=O)cc1C(=O)NCc1ccc(-c2ccc(Br)cc2)o1. The van der Waals surface area contributed by atoms with Gasteiger partial charge in [-0.1, -0.05) is 34.1 Å². The van der Waals surface area contributed by atoms with Gasteiger partial charge in [0.1, 0.15) is 11.5 Å². The van der Waals surface area contributed by atoms with Crippen LogP contribution in [0.3, 0.4) is 0 Å². The van der Waals surface area contributed by atoms with Gasteiger partial charge in [0.2, 0.25) is 10.0 Å². The summed E-state index contributed by atoms with van der Waals surface area (Å²) in [7, 11) is -3.87. The molecule has 3 N–H and O–H groups in total. The van der Waals surface area contributed by atoms with Crippen molar-refractivity contribution in [2.75, 3.05) is 0 Å². The Kier molecular flexibility index (Phi) is 5.50. The molecule has 0 spiro atoms. The minimum atomic E-state index is -3.87. The molecule has 3 aromatic rings. The average molecular weight is 449 g/mol. The molecule has 0 aliphatic heterocycles. The fraction of sp³-hybridized carbons (Fsp3) is 0.105. The van der Waals surface area contributed by atoms with E-state index in [2.05, 4.69) is 21.2 Å². The van der Waals surface area contributed by atoms with E-state index in [0.29, 0.717) is 17.1 Å². The van der Waals surface area contributed by atoms with Crippen molar-refractivity contribution in [3.05, 3.63) is 76.0 Å². The van der Waals surface area contributed by atoms with Gasteiger partial charge in [0, 0.05) is 15.6 Å². The molecule has 0 saturated carbocycles. The molecule has 0 radical (unpaired) electrons. The number of primary sulfonamides is 1. The largest absolute Gasteiger partial charge is 0.459 e. The Morgan fingerprint density at radius 3 is 2.48 bits per heavy atom. The molecular weight excluding hydrogens is 432 g/mol. The van der Waals surface area contributed by atoms with E-state index < -0.39 is 15.9 Å². The van der Waals surface area contributed by atoms with Gasteiger partial charge in [-0.05, 0) is 48.9 Å². The number of sulfonamides is 1. The molecule has 0 atom stereocenters. The second kappa shape index (κ2) is 7.67. The van der Waals surface area contributed by atoms with Gasteiger partial charge in [0.15, 0.2) is 0 Å². The van der Waals surface area contributed by atoms with Crippen LogP contribution < -0.4 is 10.5 Å². The van der Waals surface area contributed by atoms with E-state index >= 15 is 0 Å². The van der Waals surface area contributed by atoms with Crippen molar-refractivity contribution in [2.45, 2.75) is 18.4 Å². The first kappa shape index (κ1) is 19.3. The standard InChI is InChI=1S/C19H17BrN2O4S/c1-12-2-8-16(27(21,24)25)10-17(12)19(23)22-11-15-7-9-18(26-15)13-3-5-14(20)6-4-13/h2-10H,11H2,1H3,(H,22,23)(H2,21,24,25). The molecule has 0 aliphatic carbocycles. The van der Waals surface area contributed by atoms with Gasteiger partial charge in [-0.25, -0.2) is 13.6 Å². The summed E-state index contributed by atoms with van der Waals surface area (Å²) in [6.45, 7) is 1.90. The number of aryl methyl sites for hydroxylation is 1. The first-order valence-electron chi connectivity index (χ1n) is 8.00. The lowest BCUT2D eigenvalue weighted by molar-refractivity contribution is 0.0947. The Hall–Kier alpha value is -2.42. The van der Waals surface area contributed by atoms with E-state index in [1.54, 1.807) is 19.1 Å². The number of nitrogens with one attached hydrogen (secondary N) is 1. The van der Waals surface area contributed by atoms with Gasteiger partial charge in [-0.3, -0.25) is 4.79 Å². The van der Waals surface area contributed by atoms with Crippen LogP contribution >= 0.6 is 15.9 Å². The highest BCUT2D eigenvalue weighted by atomic mass is 79.9. The Morgan fingerprint density at radius 1 is 1.11 bits per heavy atom. The number of hydrogen-bond donors (Lipinski definition) is 2. The lowest BCUT2D eigenvalue weighted by Gasteiger charge is -2.08. The number of halogens is 1. The Bertz CT molecular complexity index is 1090. The van der Waals surface area contributed by atoms with Crippen LogP contribution in [-0.4, -0.2) is 14.3 Å². The third-order valence-electron chi connectivity index (χ3n) is 4.00. The third-order valence-corrected chi connectivity index (χ3v) is 5.44. The summed E-state index contributed by atoms with van der Waals surface area (Å²) in [6, 6.07) is 15.5. The van der Waals surface area contributed by atoms with Crippen LogP contribution in [0.4, 0.5) is 0 Å². The topological polar surface area (TPSA) is 102 Å². The molecule has 140 valence electrons. The predicted molar refractivity (Wildman–Crippen MR) is 106 cm³/mol. The van der Waals surface area contributed by atoms with Crippen LogP contribution in [0.15, 0.2) is 68.4 Å². The summed E-state index contributed by atoms with van der Waals surface area (Å²) in [5.41, 5.74) is 1.82. The number of benzene rings is 2. The molecule has 0 unspecified atom stereocenters. The molecule has 0 bridgehead atoms. The Morgan fingerprint density at radius 2 is 1.81 bits per heavy atom. The fourth-order valence-corrected chi connectivity index (χ4v) is 3.33. The minimum absolute atomic E-state index is 0.103. The molecule has 1 heterocycles. The van der Waals surface area contributed by atoms with E-state index in [-0.39, 0.29) is 17.0 Å². The second-order valence-electron chi connectivity index (χ2n) is 5.98. The number of rotatable bonds is 5. The molecular formula is C19H17BrN2O4S. The summed E-state index contributed by atoms with van der Waals surface area (Å²) >= 11 is 3.39. The number of hydrogen-bond acceptors (Lipinski definition) is 4. The molecule has 27 heavy (non-hydrogen) atoms. The van der Waals surface area contributed by atoms with Gasteiger partial charge < -0.3 is 9.73 Å². The minimum Gasteiger partial charge on any atom is -0.459 e.